The molecule has 1 unspecified atom stereocenters. The Balaban J connectivity index is 2.04. The molecule has 1 N–H and O–H groups in total. The molecule has 1 saturated carbocycles. The van der Waals surface area contributed by atoms with Gasteiger partial charge in [0.05, 0.1) is 7.11 Å². The molecule has 1 fully saturated rings. The third kappa shape index (κ3) is 2.97. The minimum atomic E-state index is -0.509. The average Bonchev–Trinajstić information content (AvgIpc) is 2.68. The van der Waals surface area contributed by atoms with Crippen molar-refractivity contribution in [3.8, 4) is 0 Å². The van der Waals surface area contributed by atoms with Crippen molar-refractivity contribution in [2.24, 2.45) is 5.41 Å². The van der Waals surface area contributed by atoms with Crippen LogP contribution in [0.2, 0.25) is 0 Å². The maximum Gasteiger partial charge on any atom is 0.376 e. The first-order valence-electron chi connectivity index (χ1n) is 6.18. The molecule has 0 aromatic carbocycles. The van der Waals surface area contributed by atoms with Gasteiger partial charge in [-0.3, -0.25) is 0 Å². The Morgan fingerprint density at radius 1 is 1.56 bits per heavy atom. The Kier molecular flexibility index (Phi) is 3.50. The molecule has 1 aliphatic rings. The first-order valence-corrected chi connectivity index (χ1v) is 6.18. The van der Waals surface area contributed by atoms with E-state index in [1.165, 1.54) is 13.5 Å². The predicted octanol–water partition coefficient (Wildman–Crippen LogP) is 2.25. The number of aromatic nitrogens is 2. The molecule has 0 saturated heterocycles. The highest BCUT2D eigenvalue weighted by atomic mass is 16.5. The number of anilines is 1. The second-order valence-electron chi connectivity index (χ2n) is 5.51. The van der Waals surface area contributed by atoms with Gasteiger partial charge in [-0.2, -0.15) is 0 Å². The van der Waals surface area contributed by atoms with E-state index in [1.54, 1.807) is 12.3 Å². The fourth-order valence-electron chi connectivity index (χ4n) is 2.40. The van der Waals surface area contributed by atoms with Crippen LogP contribution < -0.4 is 5.32 Å². The lowest BCUT2D eigenvalue weighted by atomic mass is 9.92. The summed E-state index contributed by atoms with van der Waals surface area (Å²) >= 11 is 0. The summed E-state index contributed by atoms with van der Waals surface area (Å²) < 4.78 is 4.60. The van der Waals surface area contributed by atoms with Crippen molar-refractivity contribution in [2.45, 2.75) is 39.2 Å². The predicted molar refractivity (Wildman–Crippen MR) is 68.4 cm³/mol. The number of nitrogens with one attached hydrogen (secondary N) is 1. The normalized spacial score (nSPS) is 21.6. The van der Waals surface area contributed by atoms with Gasteiger partial charge >= 0.3 is 5.97 Å². The number of carbonyl (C=O) groups excluding carboxylic acids is 1. The molecule has 0 amide bonds. The third-order valence-electron chi connectivity index (χ3n) is 3.34. The highest BCUT2D eigenvalue weighted by Gasteiger charge is 2.30. The van der Waals surface area contributed by atoms with Gasteiger partial charge < -0.3 is 10.1 Å². The molecule has 0 radical (unpaired) electrons. The minimum Gasteiger partial charge on any atom is -0.463 e. The lowest BCUT2D eigenvalue weighted by Crippen LogP contribution is -2.19. The summed E-state index contributed by atoms with van der Waals surface area (Å²) in [5, 5.41) is 3.36. The Morgan fingerprint density at radius 2 is 2.33 bits per heavy atom. The van der Waals surface area contributed by atoms with Crippen molar-refractivity contribution in [1.82, 2.24) is 9.97 Å². The van der Waals surface area contributed by atoms with Crippen LogP contribution >= 0.6 is 0 Å². The van der Waals surface area contributed by atoms with Crippen LogP contribution in [0.4, 0.5) is 5.82 Å². The van der Waals surface area contributed by atoms with Crippen LogP contribution in [0.3, 0.4) is 0 Å². The standard InChI is InChI=1S/C13H19N3O2/c1-13(2)6-4-9(8-13)15-10-5-7-14-11(16-10)12(17)18-3/h5,7,9H,4,6,8H2,1-3H3,(H,14,15,16). The molecule has 1 atom stereocenters. The number of methoxy groups -OCH3 is 1. The molecule has 1 aromatic rings. The topological polar surface area (TPSA) is 64.1 Å². The summed E-state index contributed by atoms with van der Waals surface area (Å²) in [6.07, 6.45) is 5.02. The lowest BCUT2D eigenvalue weighted by Gasteiger charge is -2.18. The SMILES string of the molecule is COC(=O)c1nccc(NC2CCC(C)(C)C2)n1. The van der Waals surface area contributed by atoms with Gasteiger partial charge in [-0.15, -0.1) is 0 Å². The van der Waals surface area contributed by atoms with Crippen molar-refractivity contribution in [1.29, 1.82) is 0 Å². The molecule has 2 rings (SSSR count). The molecule has 1 aliphatic carbocycles. The van der Waals surface area contributed by atoms with Gasteiger partial charge in [-0.05, 0) is 30.7 Å². The maximum atomic E-state index is 11.3. The van der Waals surface area contributed by atoms with E-state index >= 15 is 0 Å². The van der Waals surface area contributed by atoms with Gasteiger partial charge in [0, 0.05) is 12.2 Å². The Labute approximate surface area is 107 Å². The second-order valence-corrected chi connectivity index (χ2v) is 5.51. The van der Waals surface area contributed by atoms with E-state index in [9.17, 15) is 4.79 Å². The monoisotopic (exact) mass is 249 g/mol. The number of carbonyl (C=O) groups is 1. The lowest BCUT2D eigenvalue weighted by molar-refractivity contribution is 0.0587. The number of hydrogen-bond acceptors (Lipinski definition) is 5. The van der Waals surface area contributed by atoms with E-state index in [-0.39, 0.29) is 5.82 Å². The van der Waals surface area contributed by atoms with E-state index in [2.05, 4.69) is 33.9 Å². The number of esters is 1. The zero-order valence-corrected chi connectivity index (χ0v) is 11.1. The largest absolute Gasteiger partial charge is 0.463 e. The Bertz CT molecular complexity index is 446. The first-order chi connectivity index (χ1) is 8.50. The highest BCUT2D eigenvalue weighted by Crippen LogP contribution is 2.37. The smallest absolute Gasteiger partial charge is 0.376 e. The van der Waals surface area contributed by atoms with E-state index in [4.69, 9.17) is 0 Å². The molecule has 1 aromatic heterocycles. The van der Waals surface area contributed by atoms with Gasteiger partial charge in [0.15, 0.2) is 0 Å². The summed E-state index contributed by atoms with van der Waals surface area (Å²) in [4.78, 5) is 19.4. The highest BCUT2D eigenvalue weighted by molar-refractivity contribution is 5.85. The van der Waals surface area contributed by atoms with Crippen LogP contribution in [-0.2, 0) is 4.74 Å². The molecule has 18 heavy (non-hydrogen) atoms. The molecular weight excluding hydrogens is 230 g/mol. The molecule has 0 aliphatic heterocycles. The minimum absolute atomic E-state index is 0.0970. The van der Waals surface area contributed by atoms with Gasteiger partial charge in [-0.25, -0.2) is 14.8 Å². The molecule has 0 spiro atoms. The molecule has 5 heteroatoms. The Hall–Kier alpha value is -1.65. The van der Waals surface area contributed by atoms with Crippen LogP contribution in [0.5, 0.6) is 0 Å². The maximum absolute atomic E-state index is 11.3. The second kappa shape index (κ2) is 4.92. The summed E-state index contributed by atoms with van der Waals surface area (Å²) in [6.45, 7) is 4.54. The zero-order chi connectivity index (χ0) is 13.2. The van der Waals surface area contributed by atoms with Crippen molar-refractivity contribution < 1.29 is 9.53 Å². The number of nitrogens with zero attached hydrogens (tertiary/aromatic N) is 2. The fourth-order valence-corrected chi connectivity index (χ4v) is 2.40. The van der Waals surface area contributed by atoms with Crippen molar-refractivity contribution in [2.75, 3.05) is 12.4 Å². The summed E-state index contributed by atoms with van der Waals surface area (Å²) in [5.41, 5.74) is 0.385. The van der Waals surface area contributed by atoms with Crippen LogP contribution in [-0.4, -0.2) is 29.1 Å². The van der Waals surface area contributed by atoms with Gasteiger partial charge in [-0.1, -0.05) is 13.8 Å². The molecule has 1 heterocycles. The summed E-state index contributed by atoms with van der Waals surface area (Å²) in [5.74, 6) is 0.276. The quantitative estimate of drug-likeness (QED) is 0.832. The van der Waals surface area contributed by atoms with Crippen LogP contribution in [0, 0.1) is 5.41 Å². The van der Waals surface area contributed by atoms with Gasteiger partial charge in [0.1, 0.15) is 5.82 Å². The molecule has 98 valence electrons. The van der Waals surface area contributed by atoms with E-state index in [1.807, 2.05) is 0 Å². The van der Waals surface area contributed by atoms with Gasteiger partial charge in [0.2, 0.25) is 5.82 Å². The number of ether oxygens (including phenoxy) is 1. The van der Waals surface area contributed by atoms with E-state index in [0.717, 1.165) is 12.8 Å². The summed E-state index contributed by atoms with van der Waals surface area (Å²) in [6, 6.07) is 2.19. The van der Waals surface area contributed by atoms with E-state index < -0.39 is 5.97 Å². The van der Waals surface area contributed by atoms with Crippen molar-refractivity contribution in [3.63, 3.8) is 0 Å². The Morgan fingerprint density at radius 3 is 2.94 bits per heavy atom. The fraction of sp³-hybridized carbons (Fsp3) is 0.615. The first kappa shape index (κ1) is 12.8. The molecular formula is C13H19N3O2. The zero-order valence-electron chi connectivity index (χ0n) is 11.1. The average molecular weight is 249 g/mol. The molecule has 5 nitrogen and oxygen atoms in total. The van der Waals surface area contributed by atoms with Crippen molar-refractivity contribution in [3.05, 3.63) is 18.1 Å². The number of hydrogen-bond donors (Lipinski definition) is 1. The third-order valence-corrected chi connectivity index (χ3v) is 3.34. The van der Waals surface area contributed by atoms with Crippen molar-refractivity contribution >= 4 is 11.8 Å². The van der Waals surface area contributed by atoms with Crippen LogP contribution in [0.25, 0.3) is 0 Å². The van der Waals surface area contributed by atoms with Gasteiger partial charge in [0.25, 0.3) is 0 Å². The van der Waals surface area contributed by atoms with E-state index in [0.29, 0.717) is 17.3 Å². The molecule has 0 bridgehead atoms. The van der Waals surface area contributed by atoms with Crippen LogP contribution in [0.15, 0.2) is 12.3 Å². The van der Waals surface area contributed by atoms with Crippen LogP contribution in [0.1, 0.15) is 43.7 Å². The number of rotatable bonds is 3. The summed E-state index contributed by atoms with van der Waals surface area (Å²) in [7, 11) is 1.32.